The summed E-state index contributed by atoms with van der Waals surface area (Å²) in [5.41, 5.74) is -0.461. The molecule has 1 aromatic rings. The molecule has 2 N–H and O–H groups in total. The van der Waals surface area contributed by atoms with Crippen molar-refractivity contribution in [2.45, 2.75) is 18.4 Å². The number of hydrogen-bond acceptors (Lipinski definition) is 4. The van der Waals surface area contributed by atoms with Crippen molar-refractivity contribution >= 4 is 10.0 Å². The molecule has 2 rings (SSSR count). The number of ether oxygens (including phenoxy) is 1. The van der Waals surface area contributed by atoms with Gasteiger partial charge in [-0.2, -0.15) is 0 Å². The van der Waals surface area contributed by atoms with E-state index in [1.54, 1.807) is 0 Å². The lowest BCUT2D eigenvalue weighted by Crippen LogP contribution is -2.47. The quantitative estimate of drug-likeness (QED) is 0.845. The fourth-order valence-electron chi connectivity index (χ4n) is 2.63. The van der Waals surface area contributed by atoms with Crippen LogP contribution in [0.3, 0.4) is 0 Å². The summed E-state index contributed by atoms with van der Waals surface area (Å²) in [5, 5.41) is 11.1. The number of sulfonamides is 1. The lowest BCUT2D eigenvalue weighted by molar-refractivity contribution is -0.0663. The molecule has 1 aromatic carbocycles. The Hall–Kier alpha value is -0.950. The molecule has 1 atom stereocenters. The van der Waals surface area contributed by atoms with Gasteiger partial charge in [-0.05, 0) is 24.3 Å². The molecule has 1 aliphatic heterocycles. The molecule has 0 aromatic heterocycles. The standard InChI is InChI=1S/C14H21NO4S/c1-20(17,18)15-11-14(16,12-5-3-2-4-6-12)13-7-9-19-10-8-13/h2-6,13,15-16H,7-11H2,1H3. The van der Waals surface area contributed by atoms with E-state index >= 15 is 0 Å². The maximum absolute atomic E-state index is 11.3. The molecule has 20 heavy (non-hydrogen) atoms. The van der Waals surface area contributed by atoms with Crippen molar-refractivity contribution in [1.29, 1.82) is 0 Å². The first-order valence-electron chi connectivity index (χ1n) is 6.72. The van der Waals surface area contributed by atoms with E-state index in [1.165, 1.54) is 0 Å². The predicted molar refractivity (Wildman–Crippen MR) is 76.7 cm³/mol. The molecule has 0 amide bonds. The summed E-state index contributed by atoms with van der Waals surface area (Å²) < 4.78 is 30.5. The minimum atomic E-state index is -3.35. The molecule has 5 nitrogen and oxygen atoms in total. The third kappa shape index (κ3) is 3.79. The van der Waals surface area contributed by atoms with E-state index in [9.17, 15) is 13.5 Å². The van der Waals surface area contributed by atoms with Crippen LogP contribution < -0.4 is 4.72 Å². The molecule has 1 saturated heterocycles. The van der Waals surface area contributed by atoms with Gasteiger partial charge in [-0.25, -0.2) is 13.1 Å². The Labute approximate surface area is 120 Å². The van der Waals surface area contributed by atoms with E-state index in [0.717, 1.165) is 24.7 Å². The summed E-state index contributed by atoms with van der Waals surface area (Å²) in [7, 11) is -3.35. The number of hydrogen-bond donors (Lipinski definition) is 2. The van der Waals surface area contributed by atoms with Gasteiger partial charge < -0.3 is 9.84 Å². The highest BCUT2D eigenvalue weighted by Crippen LogP contribution is 2.35. The van der Waals surface area contributed by atoms with Crippen molar-refractivity contribution in [2.75, 3.05) is 26.0 Å². The van der Waals surface area contributed by atoms with Gasteiger partial charge in [0.2, 0.25) is 10.0 Å². The van der Waals surface area contributed by atoms with Crippen LogP contribution in [0, 0.1) is 5.92 Å². The second kappa shape index (κ2) is 6.22. The lowest BCUT2D eigenvalue weighted by Gasteiger charge is -2.38. The zero-order valence-electron chi connectivity index (χ0n) is 11.6. The molecule has 1 fully saturated rings. The Bertz CT molecular complexity index is 525. The zero-order valence-corrected chi connectivity index (χ0v) is 12.4. The van der Waals surface area contributed by atoms with Gasteiger partial charge in [0.1, 0.15) is 5.60 Å². The Morgan fingerprint density at radius 2 is 1.90 bits per heavy atom. The normalized spacial score (nSPS) is 20.5. The molecule has 0 radical (unpaired) electrons. The average molecular weight is 299 g/mol. The molecular weight excluding hydrogens is 278 g/mol. The van der Waals surface area contributed by atoms with Gasteiger partial charge in [-0.15, -0.1) is 0 Å². The van der Waals surface area contributed by atoms with E-state index in [1.807, 2.05) is 30.3 Å². The fourth-order valence-corrected chi connectivity index (χ4v) is 3.11. The van der Waals surface area contributed by atoms with Crippen molar-refractivity contribution in [1.82, 2.24) is 4.72 Å². The van der Waals surface area contributed by atoms with Gasteiger partial charge in [0, 0.05) is 19.8 Å². The summed E-state index contributed by atoms with van der Waals surface area (Å²) in [6.07, 6.45) is 2.54. The van der Waals surface area contributed by atoms with Crippen molar-refractivity contribution in [3.63, 3.8) is 0 Å². The Balaban J connectivity index is 2.27. The van der Waals surface area contributed by atoms with Crippen LogP contribution in [0.5, 0.6) is 0 Å². The molecule has 6 heteroatoms. The van der Waals surface area contributed by atoms with Crippen molar-refractivity contribution in [2.24, 2.45) is 5.92 Å². The Morgan fingerprint density at radius 3 is 2.45 bits per heavy atom. The number of rotatable bonds is 5. The largest absolute Gasteiger partial charge is 0.383 e. The number of aliphatic hydroxyl groups is 1. The average Bonchev–Trinajstić information content (AvgIpc) is 2.46. The van der Waals surface area contributed by atoms with Crippen LogP contribution in [0.15, 0.2) is 30.3 Å². The van der Waals surface area contributed by atoms with Crippen LogP contribution in [0.1, 0.15) is 18.4 Å². The number of nitrogens with one attached hydrogen (secondary N) is 1. The van der Waals surface area contributed by atoms with Gasteiger partial charge in [-0.3, -0.25) is 0 Å². The lowest BCUT2D eigenvalue weighted by atomic mass is 9.77. The Kier molecular flexibility index (Phi) is 4.80. The molecule has 1 aliphatic rings. The van der Waals surface area contributed by atoms with Crippen LogP contribution in [0.25, 0.3) is 0 Å². The van der Waals surface area contributed by atoms with E-state index < -0.39 is 15.6 Å². The summed E-state index contributed by atoms with van der Waals surface area (Å²) >= 11 is 0. The third-order valence-corrected chi connectivity index (χ3v) is 4.44. The molecule has 1 unspecified atom stereocenters. The molecule has 0 saturated carbocycles. The third-order valence-electron chi connectivity index (χ3n) is 3.77. The van der Waals surface area contributed by atoms with Gasteiger partial charge in [0.25, 0.3) is 0 Å². The monoisotopic (exact) mass is 299 g/mol. The van der Waals surface area contributed by atoms with Crippen LogP contribution in [-0.2, 0) is 20.4 Å². The van der Waals surface area contributed by atoms with Gasteiger partial charge >= 0.3 is 0 Å². The smallest absolute Gasteiger partial charge is 0.208 e. The van der Waals surface area contributed by atoms with Crippen LogP contribution in [-0.4, -0.2) is 39.5 Å². The SMILES string of the molecule is CS(=O)(=O)NCC(O)(c1ccccc1)C1CCOCC1. The molecule has 0 bridgehead atoms. The predicted octanol–water partition coefficient (Wildman–Crippen LogP) is 0.850. The molecular formula is C14H21NO4S. The second-order valence-electron chi connectivity index (χ2n) is 5.27. The molecule has 0 spiro atoms. The van der Waals surface area contributed by atoms with E-state index in [2.05, 4.69) is 4.72 Å². The first kappa shape index (κ1) is 15.4. The van der Waals surface area contributed by atoms with Gasteiger partial charge in [0.15, 0.2) is 0 Å². The topological polar surface area (TPSA) is 75.6 Å². The van der Waals surface area contributed by atoms with E-state index in [4.69, 9.17) is 4.74 Å². The summed E-state index contributed by atoms with van der Waals surface area (Å²) in [6.45, 7) is 1.18. The van der Waals surface area contributed by atoms with Crippen molar-refractivity contribution in [3.05, 3.63) is 35.9 Å². The zero-order chi connectivity index (χ0) is 14.6. The minimum absolute atomic E-state index is 0.0134. The fraction of sp³-hybridized carbons (Fsp3) is 0.571. The Morgan fingerprint density at radius 1 is 1.30 bits per heavy atom. The second-order valence-corrected chi connectivity index (χ2v) is 7.10. The summed E-state index contributed by atoms with van der Waals surface area (Å²) in [4.78, 5) is 0. The molecule has 0 aliphatic carbocycles. The highest BCUT2D eigenvalue weighted by atomic mass is 32.2. The molecule has 112 valence electrons. The van der Waals surface area contributed by atoms with E-state index in [-0.39, 0.29) is 12.5 Å². The highest BCUT2D eigenvalue weighted by molar-refractivity contribution is 7.88. The maximum Gasteiger partial charge on any atom is 0.208 e. The van der Waals surface area contributed by atoms with Gasteiger partial charge in [-0.1, -0.05) is 30.3 Å². The maximum atomic E-state index is 11.3. The first-order valence-corrected chi connectivity index (χ1v) is 8.61. The summed E-state index contributed by atoms with van der Waals surface area (Å²) in [5.74, 6) is -0.0205. The van der Waals surface area contributed by atoms with Crippen LogP contribution in [0.4, 0.5) is 0 Å². The van der Waals surface area contributed by atoms with Crippen LogP contribution in [0.2, 0.25) is 0 Å². The summed E-state index contributed by atoms with van der Waals surface area (Å²) in [6, 6.07) is 9.23. The minimum Gasteiger partial charge on any atom is -0.383 e. The molecule has 1 heterocycles. The van der Waals surface area contributed by atoms with Crippen LogP contribution >= 0.6 is 0 Å². The highest BCUT2D eigenvalue weighted by Gasteiger charge is 2.39. The van der Waals surface area contributed by atoms with Crippen molar-refractivity contribution < 1.29 is 18.3 Å². The van der Waals surface area contributed by atoms with Crippen molar-refractivity contribution in [3.8, 4) is 0 Å². The van der Waals surface area contributed by atoms with Gasteiger partial charge in [0.05, 0.1) is 6.26 Å². The van der Waals surface area contributed by atoms with E-state index in [0.29, 0.717) is 13.2 Å². The first-order chi connectivity index (χ1) is 9.42. The number of benzene rings is 1.